The molecule has 0 aliphatic carbocycles. The molecular weight excluding hydrogens is 252 g/mol. The second kappa shape index (κ2) is 5.56. The first-order valence-electron chi connectivity index (χ1n) is 5.44. The SMILES string of the molecule is CSC(=O)CCc1ccc2cc(Cl)ccc2c1. The summed E-state index contributed by atoms with van der Waals surface area (Å²) in [6, 6.07) is 12.1. The normalized spacial score (nSPS) is 10.7. The molecule has 0 amide bonds. The molecule has 0 bridgehead atoms. The van der Waals surface area contributed by atoms with Crippen molar-refractivity contribution in [3.8, 4) is 0 Å². The van der Waals surface area contributed by atoms with Crippen molar-refractivity contribution >= 4 is 39.3 Å². The molecule has 0 radical (unpaired) electrons. The minimum absolute atomic E-state index is 0.237. The van der Waals surface area contributed by atoms with Gasteiger partial charge in [0.05, 0.1) is 0 Å². The standard InChI is InChI=1S/C14H13ClOS/c1-17-14(16)7-3-10-2-4-12-9-13(15)6-5-11(12)8-10/h2,4-6,8-9H,3,7H2,1H3. The number of halogens is 1. The Hall–Kier alpha value is -0.990. The summed E-state index contributed by atoms with van der Waals surface area (Å²) in [4.78, 5) is 11.2. The quantitative estimate of drug-likeness (QED) is 0.821. The van der Waals surface area contributed by atoms with Crippen molar-refractivity contribution in [2.75, 3.05) is 6.26 Å². The minimum atomic E-state index is 0.237. The molecule has 0 saturated heterocycles. The fourth-order valence-electron chi connectivity index (χ4n) is 1.77. The van der Waals surface area contributed by atoms with Crippen LogP contribution < -0.4 is 0 Å². The smallest absolute Gasteiger partial charge is 0.189 e. The van der Waals surface area contributed by atoms with E-state index in [4.69, 9.17) is 11.6 Å². The maximum atomic E-state index is 11.2. The van der Waals surface area contributed by atoms with Crippen LogP contribution in [0.3, 0.4) is 0 Å². The number of rotatable bonds is 3. The second-order valence-corrected chi connectivity index (χ2v) is 5.20. The Morgan fingerprint density at radius 3 is 2.65 bits per heavy atom. The number of benzene rings is 2. The summed E-state index contributed by atoms with van der Waals surface area (Å²) in [5.41, 5.74) is 1.20. The van der Waals surface area contributed by atoms with Gasteiger partial charge in [0, 0.05) is 11.4 Å². The van der Waals surface area contributed by atoms with Crippen molar-refractivity contribution in [3.05, 3.63) is 47.0 Å². The van der Waals surface area contributed by atoms with Gasteiger partial charge in [0.1, 0.15) is 0 Å². The third kappa shape index (κ3) is 3.24. The third-order valence-corrected chi connectivity index (χ3v) is 3.61. The first-order chi connectivity index (χ1) is 8.19. The number of carbonyl (C=O) groups excluding carboxylic acids is 1. The Balaban J connectivity index is 2.20. The van der Waals surface area contributed by atoms with Crippen LogP contribution in [0, 0.1) is 0 Å². The van der Waals surface area contributed by atoms with Crippen LogP contribution in [0.15, 0.2) is 36.4 Å². The lowest BCUT2D eigenvalue weighted by molar-refractivity contribution is -0.110. The first kappa shape index (κ1) is 12.5. The lowest BCUT2D eigenvalue weighted by Gasteiger charge is -2.03. The molecule has 3 heteroatoms. The van der Waals surface area contributed by atoms with E-state index in [-0.39, 0.29) is 5.12 Å². The molecule has 0 unspecified atom stereocenters. The molecule has 1 nitrogen and oxygen atoms in total. The van der Waals surface area contributed by atoms with E-state index in [1.54, 1.807) is 0 Å². The largest absolute Gasteiger partial charge is 0.287 e. The lowest BCUT2D eigenvalue weighted by Crippen LogP contribution is -1.94. The van der Waals surface area contributed by atoms with E-state index in [1.807, 2.05) is 24.5 Å². The van der Waals surface area contributed by atoms with Crippen molar-refractivity contribution < 1.29 is 4.79 Å². The van der Waals surface area contributed by atoms with E-state index in [1.165, 1.54) is 22.7 Å². The Morgan fingerprint density at radius 1 is 1.18 bits per heavy atom. The Morgan fingerprint density at radius 2 is 1.88 bits per heavy atom. The van der Waals surface area contributed by atoms with Gasteiger partial charge in [0.25, 0.3) is 0 Å². The summed E-state index contributed by atoms with van der Waals surface area (Å²) in [6.07, 6.45) is 3.23. The number of aryl methyl sites for hydroxylation is 1. The van der Waals surface area contributed by atoms with Gasteiger partial charge in [-0.1, -0.05) is 47.6 Å². The number of thioether (sulfide) groups is 1. The van der Waals surface area contributed by atoms with Crippen LogP contribution in [-0.2, 0) is 11.2 Å². The zero-order valence-corrected chi connectivity index (χ0v) is 11.1. The highest BCUT2D eigenvalue weighted by Crippen LogP contribution is 2.21. The van der Waals surface area contributed by atoms with Gasteiger partial charge >= 0.3 is 0 Å². The average Bonchev–Trinajstić information content (AvgIpc) is 2.35. The molecule has 0 aliphatic heterocycles. The maximum absolute atomic E-state index is 11.2. The van der Waals surface area contributed by atoms with Crippen LogP contribution in [0.2, 0.25) is 5.02 Å². The number of carbonyl (C=O) groups is 1. The summed E-state index contributed by atoms with van der Waals surface area (Å²) in [6.45, 7) is 0. The van der Waals surface area contributed by atoms with Gasteiger partial charge in [0.2, 0.25) is 0 Å². The summed E-state index contributed by atoms with van der Waals surface area (Å²) in [7, 11) is 0. The predicted molar refractivity (Wildman–Crippen MR) is 75.8 cm³/mol. The van der Waals surface area contributed by atoms with E-state index < -0.39 is 0 Å². The summed E-state index contributed by atoms with van der Waals surface area (Å²) >= 11 is 7.23. The van der Waals surface area contributed by atoms with Gasteiger partial charge < -0.3 is 0 Å². The fraction of sp³-hybridized carbons (Fsp3) is 0.214. The summed E-state index contributed by atoms with van der Waals surface area (Å²) in [5.74, 6) is 0. The van der Waals surface area contributed by atoms with E-state index >= 15 is 0 Å². The van der Waals surface area contributed by atoms with Crippen LogP contribution in [0.1, 0.15) is 12.0 Å². The topological polar surface area (TPSA) is 17.1 Å². The van der Waals surface area contributed by atoms with Gasteiger partial charge in [-0.3, -0.25) is 4.79 Å². The molecule has 17 heavy (non-hydrogen) atoms. The van der Waals surface area contributed by atoms with Crippen LogP contribution in [0.25, 0.3) is 10.8 Å². The fourth-order valence-corrected chi connectivity index (χ4v) is 2.26. The molecule has 2 aromatic carbocycles. The number of fused-ring (bicyclic) bond motifs is 1. The van der Waals surface area contributed by atoms with Crippen LogP contribution in [0.4, 0.5) is 0 Å². The van der Waals surface area contributed by atoms with Crippen molar-refractivity contribution in [2.45, 2.75) is 12.8 Å². The number of hydrogen-bond donors (Lipinski definition) is 0. The monoisotopic (exact) mass is 264 g/mol. The highest BCUT2D eigenvalue weighted by Gasteiger charge is 2.02. The molecule has 0 heterocycles. The Bertz CT molecular complexity index is 551. The van der Waals surface area contributed by atoms with Crippen molar-refractivity contribution in [2.24, 2.45) is 0 Å². The highest BCUT2D eigenvalue weighted by molar-refractivity contribution is 8.13. The predicted octanol–water partition coefficient (Wildman–Crippen LogP) is 4.32. The molecular formula is C14H13ClOS. The summed E-state index contributed by atoms with van der Waals surface area (Å²) in [5, 5.41) is 3.30. The van der Waals surface area contributed by atoms with Gasteiger partial charge in [-0.2, -0.15) is 0 Å². The van der Waals surface area contributed by atoms with Crippen LogP contribution in [-0.4, -0.2) is 11.4 Å². The molecule has 2 rings (SSSR count). The van der Waals surface area contributed by atoms with E-state index in [0.717, 1.165) is 16.8 Å². The molecule has 0 fully saturated rings. The van der Waals surface area contributed by atoms with E-state index in [2.05, 4.69) is 18.2 Å². The van der Waals surface area contributed by atoms with Gasteiger partial charge in [-0.05, 0) is 41.1 Å². The van der Waals surface area contributed by atoms with Gasteiger partial charge in [-0.25, -0.2) is 0 Å². The summed E-state index contributed by atoms with van der Waals surface area (Å²) < 4.78 is 0. The van der Waals surface area contributed by atoms with Crippen LogP contribution in [0.5, 0.6) is 0 Å². The molecule has 88 valence electrons. The molecule has 0 aromatic heterocycles. The van der Waals surface area contributed by atoms with Crippen molar-refractivity contribution in [3.63, 3.8) is 0 Å². The van der Waals surface area contributed by atoms with Crippen molar-refractivity contribution in [1.29, 1.82) is 0 Å². The third-order valence-electron chi connectivity index (χ3n) is 2.71. The molecule has 2 aromatic rings. The number of hydrogen-bond acceptors (Lipinski definition) is 2. The second-order valence-electron chi connectivity index (χ2n) is 3.90. The zero-order chi connectivity index (χ0) is 12.3. The minimum Gasteiger partial charge on any atom is -0.287 e. The van der Waals surface area contributed by atoms with E-state index in [9.17, 15) is 4.79 Å². The van der Waals surface area contributed by atoms with E-state index in [0.29, 0.717) is 6.42 Å². The average molecular weight is 265 g/mol. The van der Waals surface area contributed by atoms with Gasteiger partial charge in [-0.15, -0.1) is 0 Å². The highest BCUT2D eigenvalue weighted by atomic mass is 35.5. The maximum Gasteiger partial charge on any atom is 0.189 e. The van der Waals surface area contributed by atoms with Crippen molar-refractivity contribution in [1.82, 2.24) is 0 Å². The lowest BCUT2D eigenvalue weighted by atomic mass is 10.0. The first-order valence-corrected chi connectivity index (χ1v) is 7.04. The molecule has 0 spiro atoms. The zero-order valence-electron chi connectivity index (χ0n) is 9.57. The molecule has 0 saturated carbocycles. The van der Waals surface area contributed by atoms with Crippen LogP contribution >= 0.6 is 23.4 Å². The molecule has 0 aliphatic rings. The van der Waals surface area contributed by atoms with Gasteiger partial charge in [0.15, 0.2) is 5.12 Å². The molecule has 0 atom stereocenters. The Labute approximate surface area is 110 Å². The Kier molecular flexibility index (Phi) is 4.08. The molecule has 0 N–H and O–H groups in total.